The molecule has 0 saturated heterocycles. The van der Waals surface area contributed by atoms with E-state index in [1.54, 1.807) is 49.1 Å². The van der Waals surface area contributed by atoms with Gasteiger partial charge in [-0.3, -0.25) is 10.1 Å². The van der Waals surface area contributed by atoms with Crippen molar-refractivity contribution in [3.8, 4) is 11.3 Å². The molecule has 0 unspecified atom stereocenters. The molecule has 0 aliphatic carbocycles. The fourth-order valence-corrected chi connectivity index (χ4v) is 3.09. The summed E-state index contributed by atoms with van der Waals surface area (Å²) in [5.41, 5.74) is 1.97. The van der Waals surface area contributed by atoms with Crippen LogP contribution in [0.5, 0.6) is 0 Å². The molecule has 3 aromatic heterocycles. The van der Waals surface area contributed by atoms with Crippen LogP contribution in [0.3, 0.4) is 0 Å². The van der Waals surface area contributed by atoms with Crippen LogP contribution >= 0.6 is 0 Å². The molecule has 8 nitrogen and oxygen atoms in total. The van der Waals surface area contributed by atoms with Gasteiger partial charge in [0.15, 0.2) is 5.65 Å². The highest BCUT2D eigenvalue weighted by Crippen LogP contribution is 2.27. The van der Waals surface area contributed by atoms with Crippen molar-refractivity contribution in [2.24, 2.45) is 0 Å². The van der Waals surface area contributed by atoms with Gasteiger partial charge in [0, 0.05) is 37.9 Å². The minimum atomic E-state index is -0.666. The Hall–Kier alpha value is -3.95. The van der Waals surface area contributed by atoms with E-state index in [2.05, 4.69) is 30.7 Å². The van der Waals surface area contributed by atoms with Crippen LogP contribution in [0.25, 0.3) is 16.9 Å². The molecule has 4 rings (SSSR count). The third-order valence-corrected chi connectivity index (χ3v) is 4.65. The van der Waals surface area contributed by atoms with E-state index in [4.69, 9.17) is 0 Å². The highest BCUT2D eigenvalue weighted by molar-refractivity contribution is 5.89. The Bertz CT molecular complexity index is 1260. The molecule has 0 aliphatic heterocycles. The minimum Gasteiger partial charge on any atom is -0.363 e. The molecule has 0 aliphatic rings. The zero-order valence-electron chi connectivity index (χ0n) is 16.8. The summed E-state index contributed by atoms with van der Waals surface area (Å²) in [6.45, 7) is 3.44. The lowest BCUT2D eigenvalue weighted by Crippen LogP contribution is -2.15. The van der Waals surface area contributed by atoms with Crippen LogP contribution in [-0.4, -0.2) is 30.5 Å². The van der Waals surface area contributed by atoms with Crippen LogP contribution in [0, 0.1) is 11.6 Å². The lowest BCUT2D eigenvalue weighted by molar-refractivity contribution is -0.115. The van der Waals surface area contributed by atoms with E-state index < -0.39 is 17.7 Å². The number of rotatable bonds is 6. The van der Waals surface area contributed by atoms with Crippen molar-refractivity contribution in [1.82, 2.24) is 24.6 Å². The number of nitrogens with zero attached hydrogens (tertiary/aromatic N) is 5. The van der Waals surface area contributed by atoms with Gasteiger partial charge < -0.3 is 5.32 Å². The van der Waals surface area contributed by atoms with Gasteiger partial charge in [0.2, 0.25) is 11.9 Å². The Balaban J connectivity index is 0.00000289. The molecular formula is C21H21F2N7O. The largest absolute Gasteiger partial charge is 0.363 e. The highest BCUT2D eigenvalue weighted by atomic mass is 19.1. The Morgan fingerprint density at radius 3 is 2.87 bits per heavy atom. The van der Waals surface area contributed by atoms with E-state index in [-0.39, 0.29) is 25.3 Å². The number of hydrogen-bond donors (Lipinski definition) is 2. The maximum absolute atomic E-state index is 14.2. The van der Waals surface area contributed by atoms with Gasteiger partial charge >= 0.3 is 0 Å². The number of carbonyl (C=O) groups is 1. The Morgan fingerprint density at radius 2 is 2.10 bits per heavy atom. The molecule has 2 N–H and O–H groups in total. The first kappa shape index (κ1) is 20.3. The van der Waals surface area contributed by atoms with Crippen LogP contribution in [0.15, 0.2) is 48.9 Å². The van der Waals surface area contributed by atoms with Gasteiger partial charge in [0.25, 0.3) is 0 Å². The normalized spacial score (nSPS) is 12.0. The van der Waals surface area contributed by atoms with Gasteiger partial charge in [-0.15, -0.1) is 0 Å². The predicted molar refractivity (Wildman–Crippen MR) is 113 cm³/mol. The van der Waals surface area contributed by atoms with Crippen molar-refractivity contribution in [1.29, 1.82) is 0 Å². The molecule has 1 aromatic carbocycles. The molecule has 10 heteroatoms. The van der Waals surface area contributed by atoms with Gasteiger partial charge in [0.05, 0.1) is 23.5 Å². The molecular weight excluding hydrogens is 404 g/mol. The zero-order valence-corrected chi connectivity index (χ0v) is 16.8. The van der Waals surface area contributed by atoms with Crippen molar-refractivity contribution in [2.75, 3.05) is 10.6 Å². The van der Waals surface area contributed by atoms with E-state index in [0.717, 1.165) is 6.07 Å². The summed E-state index contributed by atoms with van der Waals surface area (Å²) in [5, 5.41) is 9.99. The first-order valence-corrected chi connectivity index (χ1v) is 9.63. The molecule has 0 fully saturated rings. The third-order valence-electron chi connectivity index (χ3n) is 4.65. The van der Waals surface area contributed by atoms with Crippen molar-refractivity contribution in [2.45, 2.75) is 26.3 Å². The van der Waals surface area contributed by atoms with E-state index in [1.807, 2.05) is 0 Å². The predicted octanol–water partition coefficient (Wildman–Crippen LogP) is 4.23. The van der Waals surface area contributed by atoms with Crippen LogP contribution in [0.1, 0.15) is 33.3 Å². The van der Waals surface area contributed by atoms with Gasteiger partial charge in [0.1, 0.15) is 17.5 Å². The molecule has 1 amide bonds. The molecule has 0 radical (unpaired) electrons. The Kier molecular flexibility index (Phi) is 5.52. The average Bonchev–Trinajstić information content (AvgIpc) is 3.17. The van der Waals surface area contributed by atoms with Crippen LogP contribution < -0.4 is 10.6 Å². The maximum Gasteiger partial charge on any atom is 0.231 e. The second kappa shape index (κ2) is 8.42. The summed E-state index contributed by atoms with van der Waals surface area (Å²) in [7, 11) is 0. The second-order valence-corrected chi connectivity index (χ2v) is 6.84. The number of anilines is 2. The minimum absolute atomic E-state index is 0. The Morgan fingerprint density at radius 1 is 1.26 bits per heavy atom. The highest BCUT2D eigenvalue weighted by Gasteiger charge is 2.17. The van der Waals surface area contributed by atoms with Crippen molar-refractivity contribution in [3.63, 3.8) is 0 Å². The van der Waals surface area contributed by atoms with Crippen molar-refractivity contribution >= 4 is 23.3 Å². The monoisotopic (exact) mass is 425 g/mol. The fraction of sp³-hybridized carbons (Fsp3) is 0.190. The number of aromatic nitrogens is 5. The van der Waals surface area contributed by atoms with Crippen molar-refractivity contribution in [3.05, 3.63) is 66.1 Å². The number of halogens is 2. The summed E-state index contributed by atoms with van der Waals surface area (Å²) >= 11 is 0. The number of nitrogens with one attached hydrogen (secondary N) is 2. The van der Waals surface area contributed by atoms with E-state index >= 15 is 0 Å². The lowest BCUT2D eigenvalue weighted by Gasteiger charge is -2.17. The zero-order chi connectivity index (χ0) is 22.0. The average molecular weight is 425 g/mol. The quantitative estimate of drug-likeness (QED) is 0.480. The summed E-state index contributed by atoms with van der Waals surface area (Å²) in [6.07, 6.45) is 5.26. The standard InChI is InChI=1S/C21H19F2N7O.H2/c1-3-19(31)29-21-27-17(15-11-25-30-8-4-7-24-20(15)30)10-18(28-21)26-12(2)14-6-5-13(22)9-16(14)23;/h4-12H,3H2,1-2H3,(H2,26,27,28,29,31);1H/t12-;/m0./s1. The first-order chi connectivity index (χ1) is 14.9. The van der Waals surface area contributed by atoms with Gasteiger partial charge in [-0.25, -0.2) is 23.3 Å². The number of hydrogen-bond acceptors (Lipinski definition) is 6. The topological polar surface area (TPSA) is 97.1 Å². The SMILES string of the molecule is CCC(=O)Nc1nc(N[C@@H](C)c2ccc(F)cc2F)cc(-c2cnn3cccnc23)n1.[HH]. The number of fused-ring (bicyclic) bond motifs is 1. The number of amides is 1. The summed E-state index contributed by atoms with van der Waals surface area (Å²) < 4.78 is 29.0. The van der Waals surface area contributed by atoms with Gasteiger partial charge in [-0.05, 0) is 19.1 Å². The van der Waals surface area contributed by atoms with Crippen molar-refractivity contribution < 1.29 is 15.0 Å². The number of benzene rings is 1. The summed E-state index contributed by atoms with van der Waals surface area (Å²) in [4.78, 5) is 25.0. The summed E-state index contributed by atoms with van der Waals surface area (Å²) in [5.74, 6) is -1.13. The smallest absolute Gasteiger partial charge is 0.231 e. The fourth-order valence-electron chi connectivity index (χ4n) is 3.09. The third kappa shape index (κ3) is 4.32. The second-order valence-electron chi connectivity index (χ2n) is 6.84. The lowest BCUT2D eigenvalue weighted by atomic mass is 10.1. The van der Waals surface area contributed by atoms with Crippen LogP contribution in [0.4, 0.5) is 20.5 Å². The molecule has 1 atom stereocenters. The first-order valence-electron chi connectivity index (χ1n) is 9.63. The maximum atomic E-state index is 14.2. The summed E-state index contributed by atoms with van der Waals surface area (Å²) in [6, 6.07) is 6.28. The van der Waals surface area contributed by atoms with Crippen LogP contribution in [0.2, 0.25) is 0 Å². The molecule has 0 spiro atoms. The molecule has 160 valence electrons. The van der Waals surface area contributed by atoms with Gasteiger partial charge in [-0.2, -0.15) is 10.1 Å². The molecule has 0 bridgehead atoms. The number of carbonyl (C=O) groups excluding carboxylic acids is 1. The van der Waals surface area contributed by atoms with Crippen LogP contribution in [-0.2, 0) is 4.79 Å². The molecule has 4 aromatic rings. The Labute approximate surface area is 177 Å². The molecule has 31 heavy (non-hydrogen) atoms. The van der Waals surface area contributed by atoms with Gasteiger partial charge in [-0.1, -0.05) is 13.0 Å². The molecule has 0 saturated carbocycles. The van der Waals surface area contributed by atoms with E-state index in [9.17, 15) is 13.6 Å². The molecule has 3 heterocycles. The van der Waals surface area contributed by atoms with E-state index in [0.29, 0.717) is 22.7 Å². The van der Waals surface area contributed by atoms with E-state index in [1.165, 1.54) is 12.1 Å².